The third kappa shape index (κ3) is 4.19. The van der Waals surface area contributed by atoms with Crippen molar-refractivity contribution in [2.24, 2.45) is 11.7 Å². The Balaban J connectivity index is 1.95. The molecular weight excluding hydrogens is 270 g/mol. The van der Waals surface area contributed by atoms with Crippen molar-refractivity contribution in [1.82, 2.24) is 9.80 Å². The van der Waals surface area contributed by atoms with Gasteiger partial charge in [0.15, 0.2) is 0 Å². The van der Waals surface area contributed by atoms with E-state index in [1.165, 1.54) is 12.1 Å². The van der Waals surface area contributed by atoms with Crippen LogP contribution in [0.15, 0.2) is 24.3 Å². The maximum atomic E-state index is 6.00. The van der Waals surface area contributed by atoms with Gasteiger partial charge in [-0.15, -0.1) is 0 Å². The molecule has 112 valence electrons. The first-order chi connectivity index (χ1) is 9.60. The Hall–Kier alpha value is -0.610. The summed E-state index contributed by atoms with van der Waals surface area (Å²) in [5.74, 6) is 0.739. The highest BCUT2D eigenvalue weighted by Gasteiger charge is 2.24. The van der Waals surface area contributed by atoms with E-state index in [0.717, 1.165) is 37.1 Å². The van der Waals surface area contributed by atoms with Crippen LogP contribution in [0.1, 0.15) is 25.5 Å². The largest absolute Gasteiger partial charge is 0.329 e. The van der Waals surface area contributed by atoms with Crippen molar-refractivity contribution >= 4 is 11.6 Å². The van der Waals surface area contributed by atoms with Crippen molar-refractivity contribution in [1.29, 1.82) is 0 Å². The zero-order valence-corrected chi connectivity index (χ0v) is 13.3. The summed E-state index contributed by atoms with van der Waals surface area (Å²) >= 11 is 5.96. The van der Waals surface area contributed by atoms with Gasteiger partial charge in [0.05, 0.1) is 0 Å². The van der Waals surface area contributed by atoms with Crippen molar-refractivity contribution in [2.75, 3.05) is 39.3 Å². The minimum Gasteiger partial charge on any atom is -0.329 e. The summed E-state index contributed by atoms with van der Waals surface area (Å²) in [6.07, 6.45) is 0. The first kappa shape index (κ1) is 15.8. The van der Waals surface area contributed by atoms with Gasteiger partial charge in [-0.05, 0) is 23.6 Å². The van der Waals surface area contributed by atoms with Crippen molar-refractivity contribution in [2.45, 2.75) is 19.9 Å². The smallest absolute Gasteiger partial charge is 0.0471 e. The SMILES string of the molecule is CC(C)CN1CCN(C(CN)c2ccc(Cl)cc2)CC1. The minimum atomic E-state index is 0.313. The molecule has 1 aliphatic heterocycles. The third-order valence-electron chi connectivity index (χ3n) is 3.95. The van der Waals surface area contributed by atoms with Crippen LogP contribution in [0.5, 0.6) is 0 Å². The van der Waals surface area contributed by atoms with Gasteiger partial charge in [-0.1, -0.05) is 37.6 Å². The lowest BCUT2D eigenvalue weighted by molar-refractivity contribution is 0.0912. The zero-order valence-electron chi connectivity index (χ0n) is 12.6. The summed E-state index contributed by atoms with van der Waals surface area (Å²) in [4.78, 5) is 5.05. The van der Waals surface area contributed by atoms with Crippen LogP contribution in [0.2, 0.25) is 5.02 Å². The van der Waals surface area contributed by atoms with Crippen molar-refractivity contribution < 1.29 is 0 Å². The molecule has 0 aromatic heterocycles. The molecule has 1 heterocycles. The lowest BCUT2D eigenvalue weighted by atomic mass is 10.0. The van der Waals surface area contributed by atoms with Crippen LogP contribution in [-0.4, -0.2) is 49.1 Å². The van der Waals surface area contributed by atoms with Gasteiger partial charge >= 0.3 is 0 Å². The molecule has 2 rings (SSSR count). The molecule has 0 amide bonds. The lowest BCUT2D eigenvalue weighted by Gasteiger charge is -2.39. The second-order valence-electron chi connectivity index (χ2n) is 6.03. The molecule has 1 aliphatic rings. The van der Waals surface area contributed by atoms with Crippen LogP contribution >= 0.6 is 11.6 Å². The van der Waals surface area contributed by atoms with Crippen LogP contribution in [0.3, 0.4) is 0 Å². The molecule has 2 N–H and O–H groups in total. The van der Waals surface area contributed by atoms with Crippen LogP contribution in [0, 0.1) is 5.92 Å². The molecule has 4 heteroatoms. The molecule has 1 aromatic carbocycles. The Kier molecular flexibility index (Phi) is 5.85. The van der Waals surface area contributed by atoms with E-state index in [9.17, 15) is 0 Å². The Labute approximate surface area is 127 Å². The van der Waals surface area contributed by atoms with E-state index in [4.69, 9.17) is 17.3 Å². The molecule has 1 aromatic rings. The van der Waals surface area contributed by atoms with Crippen LogP contribution < -0.4 is 5.73 Å². The predicted molar refractivity (Wildman–Crippen MR) is 86.1 cm³/mol. The maximum Gasteiger partial charge on any atom is 0.0471 e. The zero-order chi connectivity index (χ0) is 14.5. The number of halogens is 1. The van der Waals surface area contributed by atoms with Crippen molar-refractivity contribution in [3.8, 4) is 0 Å². The normalized spacial score (nSPS) is 19.4. The molecule has 1 saturated heterocycles. The number of hydrogen-bond acceptors (Lipinski definition) is 3. The molecule has 0 bridgehead atoms. The van der Waals surface area contributed by atoms with E-state index in [1.54, 1.807) is 0 Å². The maximum absolute atomic E-state index is 6.00. The molecule has 0 saturated carbocycles. The molecule has 1 atom stereocenters. The number of nitrogens with zero attached hydrogens (tertiary/aromatic N) is 2. The topological polar surface area (TPSA) is 32.5 Å². The Morgan fingerprint density at radius 1 is 1.10 bits per heavy atom. The summed E-state index contributed by atoms with van der Waals surface area (Å²) in [6, 6.07) is 8.41. The average Bonchev–Trinajstić information content (AvgIpc) is 2.43. The average molecular weight is 296 g/mol. The summed E-state index contributed by atoms with van der Waals surface area (Å²) < 4.78 is 0. The molecule has 0 aliphatic carbocycles. The van der Waals surface area contributed by atoms with Crippen LogP contribution in [-0.2, 0) is 0 Å². The molecule has 0 radical (unpaired) electrons. The molecule has 1 fully saturated rings. The monoisotopic (exact) mass is 295 g/mol. The number of benzene rings is 1. The quantitative estimate of drug-likeness (QED) is 0.906. The van der Waals surface area contributed by atoms with E-state index in [2.05, 4.69) is 35.8 Å². The van der Waals surface area contributed by atoms with Crippen molar-refractivity contribution in [3.05, 3.63) is 34.9 Å². The summed E-state index contributed by atoms with van der Waals surface area (Å²) in [5.41, 5.74) is 7.27. The number of nitrogens with two attached hydrogens (primary N) is 1. The second kappa shape index (κ2) is 7.41. The molecule has 20 heavy (non-hydrogen) atoms. The Morgan fingerprint density at radius 2 is 1.70 bits per heavy atom. The fraction of sp³-hybridized carbons (Fsp3) is 0.625. The van der Waals surface area contributed by atoms with Gasteiger partial charge in [-0.3, -0.25) is 4.90 Å². The minimum absolute atomic E-state index is 0.313. The van der Waals surface area contributed by atoms with Gasteiger partial charge in [0, 0.05) is 50.3 Å². The number of hydrogen-bond donors (Lipinski definition) is 1. The second-order valence-corrected chi connectivity index (χ2v) is 6.47. The highest BCUT2D eigenvalue weighted by molar-refractivity contribution is 6.30. The van der Waals surface area contributed by atoms with E-state index < -0.39 is 0 Å². The van der Waals surface area contributed by atoms with Crippen LogP contribution in [0.4, 0.5) is 0 Å². The molecule has 1 unspecified atom stereocenters. The number of rotatable bonds is 5. The van der Waals surface area contributed by atoms with Gasteiger partial charge in [0.2, 0.25) is 0 Å². The first-order valence-electron chi connectivity index (χ1n) is 7.52. The highest BCUT2D eigenvalue weighted by atomic mass is 35.5. The Morgan fingerprint density at radius 3 is 2.20 bits per heavy atom. The van der Waals surface area contributed by atoms with Gasteiger partial charge in [-0.25, -0.2) is 0 Å². The van der Waals surface area contributed by atoms with Gasteiger partial charge in [0.25, 0.3) is 0 Å². The summed E-state index contributed by atoms with van der Waals surface area (Å²) in [6.45, 7) is 10.9. The molecule has 3 nitrogen and oxygen atoms in total. The lowest BCUT2D eigenvalue weighted by Crippen LogP contribution is -2.49. The first-order valence-corrected chi connectivity index (χ1v) is 7.90. The van der Waals surface area contributed by atoms with Crippen molar-refractivity contribution in [3.63, 3.8) is 0 Å². The molecule has 0 spiro atoms. The van der Waals surface area contributed by atoms with E-state index in [0.29, 0.717) is 12.6 Å². The fourth-order valence-corrected chi connectivity index (χ4v) is 3.08. The van der Waals surface area contributed by atoms with Gasteiger partial charge < -0.3 is 10.6 Å². The summed E-state index contributed by atoms with van der Waals surface area (Å²) in [7, 11) is 0. The van der Waals surface area contributed by atoms with Gasteiger partial charge in [0.1, 0.15) is 0 Å². The third-order valence-corrected chi connectivity index (χ3v) is 4.20. The van der Waals surface area contributed by atoms with Gasteiger partial charge in [-0.2, -0.15) is 0 Å². The standard InChI is InChI=1S/C16H26ClN3/c1-13(2)12-19-7-9-20(10-8-19)16(11-18)14-3-5-15(17)6-4-14/h3-6,13,16H,7-12,18H2,1-2H3. The summed E-state index contributed by atoms with van der Waals surface area (Å²) in [5, 5.41) is 0.784. The predicted octanol–water partition coefficient (Wildman–Crippen LogP) is 2.61. The Bertz CT molecular complexity index is 397. The highest BCUT2D eigenvalue weighted by Crippen LogP contribution is 2.23. The van der Waals surface area contributed by atoms with E-state index in [1.807, 2.05) is 12.1 Å². The van der Waals surface area contributed by atoms with Crippen LogP contribution in [0.25, 0.3) is 0 Å². The molecular formula is C16H26ClN3. The van der Waals surface area contributed by atoms with E-state index >= 15 is 0 Å². The number of piperazine rings is 1. The van der Waals surface area contributed by atoms with E-state index in [-0.39, 0.29) is 0 Å². The fourth-order valence-electron chi connectivity index (χ4n) is 2.95.